The van der Waals surface area contributed by atoms with Gasteiger partial charge in [-0.1, -0.05) is 36.4 Å². The van der Waals surface area contributed by atoms with E-state index in [1.54, 1.807) is 0 Å². The van der Waals surface area contributed by atoms with E-state index in [0.29, 0.717) is 39.4 Å². The SMILES string of the molecule is O=C(O)COCCOCCC(Nc1ccccc1)C(=O)COCCOCCNc1ccccc1. The molecule has 2 rings (SSSR count). The third kappa shape index (κ3) is 12.9. The first kappa shape index (κ1) is 27.3. The predicted octanol–water partition coefficient (Wildman–Crippen LogP) is 2.69. The molecule has 0 aromatic heterocycles. The number of ketones is 1. The summed E-state index contributed by atoms with van der Waals surface area (Å²) in [6.07, 6.45) is 0.442. The van der Waals surface area contributed by atoms with Crippen LogP contribution in [0, 0.1) is 0 Å². The number of para-hydroxylation sites is 2. The molecule has 3 N–H and O–H groups in total. The number of Topliss-reactive ketones (excluding diaryl/α,β-unsaturated/α-hetero) is 1. The fourth-order valence-electron chi connectivity index (χ4n) is 2.95. The molecular weight excluding hydrogens is 440 g/mol. The van der Waals surface area contributed by atoms with Crippen molar-refractivity contribution in [1.82, 2.24) is 0 Å². The number of carboxylic acids is 1. The van der Waals surface area contributed by atoms with Crippen LogP contribution in [0.15, 0.2) is 60.7 Å². The molecule has 0 saturated carbocycles. The molecule has 0 spiro atoms. The van der Waals surface area contributed by atoms with E-state index in [4.69, 9.17) is 24.1 Å². The van der Waals surface area contributed by atoms with Gasteiger partial charge >= 0.3 is 5.97 Å². The van der Waals surface area contributed by atoms with Gasteiger partial charge in [-0.3, -0.25) is 4.79 Å². The lowest BCUT2D eigenvalue weighted by molar-refractivity contribution is -0.142. The summed E-state index contributed by atoms with van der Waals surface area (Å²) in [5.74, 6) is -1.10. The van der Waals surface area contributed by atoms with Crippen molar-refractivity contribution in [1.29, 1.82) is 0 Å². The maximum absolute atomic E-state index is 12.7. The van der Waals surface area contributed by atoms with Gasteiger partial charge in [-0.05, 0) is 30.7 Å². The Hall–Kier alpha value is -2.98. The fourth-order valence-corrected chi connectivity index (χ4v) is 2.95. The maximum Gasteiger partial charge on any atom is 0.329 e. The highest BCUT2D eigenvalue weighted by atomic mass is 16.5. The number of carbonyl (C=O) groups is 2. The topological polar surface area (TPSA) is 115 Å². The predicted molar refractivity (Wildman–Crippen MR) is 129 cm³/mol. The standard InChI is InChI=1S/C25H34N2O7/c28-24(19-33-17-16-32-14-12-26-21-7-3-1-4-8-21)23(27-22-9-5-2-6-10-22)11-13-31-15-18-34-20-25(29)30/h1-10,23,26-27H,11-20H2,(H,29,30). The number of carboxylic acid groups (broad SMARTS) is 1. The van der Waals surface area contributed by atoms with Gasteiger partial charge in [0.05, 0.1) is 39.1 Å². The fraction of sp³-hybridized carbons (Fsp3) is 0.440. The van der Waals surface area contributed by atoms with Crippen LogP contribution < -0.4 is 10.6 Å². The molecule has 9 nitrogen and oxygen atoms in total. The highest BCUT2D eigenvalue weighted by Gasteiger charge is 2.18. The number of ether oxygens (including phenoxy) is 4. The van der Waals surface area contributed by atoms with E-state index >= 15 is 0 Å². The summed E-state index contributed by atoms with van der Waals surface area (Å²) < 4.78 is 21.4. The van der Waals surface area contributed by atoms with E-state index in [0.717, 1.165) is 11.4 Å². The number of carbonyl (C=O) groups excluding carboxylic acids is 1. The van der Waals surface area contributed by atoms with Crippen molar-refractivity contribution in [3.05, 3.63) is 60.7 Å². The van der Waals surface area contributed by atoms with Gasteiger partial charge in [0.2, 0.25) is 0 Å². The molecule has 186 valence electrons. The summed E-state index contributed by atoms with van der Waals surface area (Å²) in [7, 11) is 0. The molecule has 0 radical (unpaired) electrons. The molecule has 1 unspecified atom stereocenters. The van der Waals surface area contributed by atoms with Crippen molar-refractivity contribution >= 4 is 23.1 Å². The lowest BCUT2D eigenvalue weighted by atomic mass is 10.1. The minimum Gasteiger partial charge on any atom is -0.480 e. The highest BCUT2D eigenvalue weighted by molar-refractivity contribution is 5.87. The Morgan fingerprint density at radius 2 is 1.26 bits per heavy atom. The summed E-state index contributed by atoms with van der Waals surface area (Å²) in [5, 5.41) is 15.0. The second kappa shape index (κ2) is 17.5. The molecule has 2 aromatic rings. The van der Waals surface area contributed by atoms with E-state index in [1.165, 1.54) is 0 Å². The summed E-state index contributed by atoms with van der Waals surface area (Å²) in [4.78, 5) is 23.1. The number of hydrogen-bond donors (Lipinski definition) is 3. The van der Waals surface area contributed by atoms with Crippen LogP contribution >= 0.6 is 0 Å². The maximum atomic E-state index is 12.7. The zero-order valence-electron chi connectivity index (χ0n) is 19.3. The van der Waals surface area contributed by atoms with Crippen LogP contribution in [0.25, 0.3) is 0 Å². The molecule has 9 heteroatoms. The molecule has 0 aliphatic carbocycles. The number of rotatable bonds is 20. The molecular formula is C25H34N2O7. The monoisotopic (exact) mass is 474 g/mol. The zero-order valence-corrected chi connectivity index (χ0v) is 19.3. The Morgan fingerprint density at radius 3 is 1.91 bits per heavy atom. The molecule has 0 saturated heterocycles. The first-order chi connectivity index (χ1) is 16.6. The van der Waals surface area contributed by atoms with Gasteiger partial charge in [0.15, 0.2) is 5.78 Å². The molecule has 1 atom stereocenters. The zero-order chi connectivity index (χ0) is 24.3. The van der Waals surface area contributed by atoms with E-state index in [2.05, 4.69) is 10.6 Å². The Bertz CT molecular complexity index is 805. The van der Waals surface area contributed by atoms with Crippen molar-refractivity contribution in [3.63, 3.8) is 0 Å². The van der Waals surface area contributed by atoms with Gasteiger partial charge in [0.25, 0.3) is 0 Å². The molecule has 2 aromatic carbocycles. The number of anilines is 2. The van der Waals surface area contributed by atoms with Crippen molar-refractivity contribution in [2.24, 2.45) is 0 Å². The Labute approximate surface area is 200 Å². The average Bonchev–Trinajstić information content (AvgIpc) is 2.85. The summed E-state index contributed by atoms with van der Waals surface area (Å²) in [5.41, 5.74) is 1.88. The third-order valence-corrected chi connectivity index (χ3v) is 4.62. The van der Waals surface area contributed by atoms with E-state index in [1.807, 2.05) is 60.7 Å². The first-order valence-corrected chi connectivity index (χ1v) is 11.3. The minimum atomic E-state index is -1.02. The van der Waals surface area contributed by atoms with Crippen LogP contribution in [-0.2, 0) is 28.5 Å². The van der Waals surface area contributed by atoms with E-state index in [9.17, 15) is 9.59 Å². The van der Waals surface area contributed by atoms with Crippen LogP contribution in [0.1, 0.15) is 6.42 Å². The smallest absolute Gasteiger partial charge is 0.329 e. The van der Waals surface area contributed by atoms with Crippen LogP contribution in [0.4, 0.5) is 11.4 Å². The van der Waals surface area contributed by atoms with Gasteiger partial charge in [-0.25, -0.2) is 4.79 Å². The van der Waals surface area contributed by atoms with Crippen LogP contribution in [-0.4, -0.2) is 82.3 Å². The summed E-state index contributed by atoms with van der Waals surface area (Å²) in [6.45, 7) is 2.33. The Kier molecular flexibility index (Phi) is 14.0. The van der Waals surface area contributed by atoms with Gasteiger partial charge in [0, 0.05) is 24.5 Å². The van der Waals surface area contributed by atoms with Crippen molar-refractivity contribution in [3.8, 4) is 0 Å². The molecule has 0 amide bonds. The molecule has 0 aliphatic rings. The lowest BCUT2D eigenvalue weighted by Crippen LogP contribution is -2.34. The van der Waals surface area contributed by atoms with Crippen molar-refractivity contribution in [2.45, 2.75) is 12.5 Å². The largest absolute Gasteiger partial charge is 0.480 e. The molecule has 0 aliphatic heterocycles. The average molecular weight is 475 g/mol. The summed E-state index contributed by atoms with van der Waals surface area (Å²) >= 11 is 0. The minimum absolute atomic E-state index is 0.0299. The van der Waals surface area contributed by atoms with Crippen LogP contribution in [0.2, 0.25) is 0 Å². The van der Waals surface area contributed by atoms with E-state index in [-0.39, 0.29) is 32.2 Å². The number of aliphatic carboxylic acids is 1. The summed E-state index contributed by atoms with van der Waals surface area (Å²) in [6, 6.07) is 18.9. The second-order valence-corrected chi connectivity index (χ2v) is 7.33. The molecule has 0 heterocycles. The van der Waals surface area contributed by atoms with Crippen molar-refractivity contribution < 1.29 is 33.6 Å². The van der Waals surface area contributed by atoms with Gasteiger partial charge in [-0.15, -0.1) is 0 Å². The Morgan fingerprint density at radius 1 is 0.706 bits per heavy atom. The highest BCUT2D eigenvalue weighted by Crippen LogP contribution is 2.10. The second-order valence-electron chi connectivity index (χ2n) is 7.33. The van der Waals surface area contributed by atoms with Crippen LogP contribution in [0.3, 0.4) is 0 Å². The lowest BCUT2D eigenvalue weighted by Gasteiger charge is -2.19. The molecule has 34 heavy (non-hydrogen) atoms. The number of nitrogens with one attached hydrogen (secondary N) is 2. The Balaban J connectivity index is 1.61. The third-order valence-electron chi connectivity index (χ3n) is 4.62. The normalized spacial score (nSPS) is 11.6. The quantitative estimate of drug-likeness (QED) is 0.249. The van der Waals surface area contributed by atoms with Gasteiger partial charge in [0.1, 0.15) is 13.2 Å². The number of hydrogen-bond acceptors (Lipinski definition) is 8. The van der Waals surface area contributed by atoms with Crippen molar-refractivity contribution in [2.75, 3.05) is 70.0 Å². The molecule has 0 fully saturated rings. The van der Waals surface area contributed by atoms with Crippen LogP contribution in [0.5, 0.6) is 0 Å². The molecule has 0 bridgehead atoms. The number of benzene rings is 2. The first-order valence-electron chi connectivity index (χ1n) is 11.3. The van der Waals surface area contributed by atoms with E-state index < -0.39 is 12.0 Å². The van der Waals surface area contributed by atoms with Gasteiger partial charge < -0.3 is 34.7 Å². The van der Waals surface area contributed by atoms with Gasteiger partial charge in [-0.2, -0.15) is 0 Å².